The maximum absolute atomic E-state index is 12.0. The summed E-state index contributed by atoms with van der Waals surface area (Å²) in [4.78, 5) is 0. The third kappa shape index (κ3) is 13.5. The second-order valence-electron chi connectivity index (χ2n) is 5.37. The van der Waals surface area contributed by atoms with Crippen molar-refractivity contribution in [3.05, 3.63) is 105 Å². The van der Waals surface area contributed by atoms with E-state index < -0.39 is 94.6 Å². The largest absolute Gasteiger partial charge is 2.00 e. The first kappa shape index (κ1) is 45.5. The van der Waals surface area contributed by atoms with Crippen LogP contribution < -0.4 is 15.1 Å². The van der Waals surface area contributed by atoms with Crippen molar-refractivity contribution >= 4 is 7.32 Å². The molecule has 0 saturated heterocycles. The Morgan fingerprint density at radius 3 is 0.500 bits per heavy atom. The summed E-state index contributed by atoms with van der Waals surface area (Å²) in [6.07, 6.45) is 0. The zero-order chi connectivity index (χ0) is 29.4. The summed E-state index contributed by atoms with van der Waals surface area (Å²) in [7, 11) is -2.92. The fourth-order valence-corrected chi connectivity index (χ4v) is 1.49. The smallest absolute Gasteiger partial charge is 0.907 e. The predicted octanol–water partition coefficient (Wildman–Crippen LogP) is 2.59. The molecule has 0 aliphatic heterocycles. The Morgan fingerprint density at radius 1 is 0.300 bits per heavy atom. The quantitative estimate of drug-likeness (QED) is 0.115. The Morgan fingerprint density at radius 2 is 0.400 bits per heavy atom. The van der Waals surface area contributed by atoms with E-state index >= 15 is 0 Å². The second-order valence-corrected chi connectivity index (χ2v) is 5.37. The molecule has 3 nitrogen and oxygen atoms in total. The van der Waals surface area contributed by atoms with Gasteiger partial charge in [0.05, 0.1) is 87.3 Å². The molecule has 0 saturated carbocycles. The molecule has 0 aliphatic rings. The standard InChI is InChI=1S/3C6F5.BO3.3Pd/c3*7-2-1-3(8)5(10)6(11)4(2)9;2-1(3)4;;;/q3*-1;-3;3*+2. The monoisotopic (exact) mass is 878 g/mol. The van der Waals surface area contributed by atoms with Gasteiger partial charge >= 0.3 is 61.3 Å². The van der Waals surface area contributed by atoms with E-state index in [1.807, 2.05) is 0 Å². The molecule has 0 N–H and O–H groups in total. The zero-order valence-electron chi connectivity index (χ0n) is 17.4. The number of benzene rings is 3. The van der Waals surface area contributed by atoms with Gasteiger partial charge in [0.15, 0.2) is 0 Å². The van der Waals surface area contributed by atoms with Crippen LogP contribution in [0.25, 0.3) is 0 Å². The van der Waals surface area contributed by atoms with Crippen molar-refractivity contribution in [3.8, 4) is 0 Å². The molecule has 3 aromatic carbocycles. The molecular weight excluding hydrogens is 879 g/mol. The van der Waals surface area contributed by atoms with Crippen LogP contribution in [0.5, 0.6) is 0 Å². The Kier molecular flexibility index (Phi) is 23.2. The van der Waals surface area contributed by atoms with Gasteiger partial charge in [0.25, 0.3) is 0 Å². The third-order valence-electron chi connectivity index (χ3n) is 2.97. The van der Waals surface area contributed by atoms with Gasteiger partial charge in [-0.3, -0.25) is 33.7 Å². The van der Waals surface area contributed by atoms with E-state index in [-0.39, 0.29) is 61.3 Å². The molecule has 0 aliphatic carbocycles. The second kappa shape index (κ2) is 20.4. The van der Waals surface area contributed by atoms with Gasteiger partial charge in [-0.1, -0.05) is 0 Å². The van der Waals surface area contributed by atoms with Crippen LogP contribution in [0.2, 0.25) is 0 Å². The molecule has 0 spiro atoms. The summed E-state index contributed by atoms with van der Waals surface area (Å²) in [6, 6.07) is 3.07. The van der Waals surface area contributed by atoms with E-state index in [1.165, 1.54) is 0 Å². The molecule has 0 heterocycles. The number of rotatable bonds is 0. The molecular formula is C18BF15O3Pd3. The average Bonchev–Trinajstić information content (AvgIpc) is 2.81. The van der Waals surface area contributed by atoms with Gasteiger partial charge < -0.3 is 15.1 Å². The summed E-state index contributed by atoms with van der Waals surface area (Å²) in [5, 5.41) is 25.2. The molecule has 3 aromatic rings. The van der Waals surface area contributed by atoms with Crippen molar-refractivity contribution < 1.29 is 142 Å². The van der Waals surface area contributed by atoms with Gasteiger partial charge in [0.2, 0.25) is 0 Å². The third-order valence-corrected chi connectivity index (χ3v) is 2.97. The summed E-state index contributed by atoms with van der Waals surface area (Å²) < 4.78 is 180. The average molecular weight is 879 g/mol. The van der Waals surface area contributed by atoms with Gasteiger partial charge in [0, 0.05) is 0 Å². The Labute approximate surface area is 254 Å². The van der Waals surface area contributed by atoms with Crippen molar-refractivity contribution in [1.82, 2.24) is 0 Å². The summed E-state index contributed by atoms with van der Waals surface area (Å²) >= 11 is 0. The van der Waals surface area contributed by atoms with Gasteiger partial charge in [-0.2, -0.15) is 0 Å². The van der Waals surface area contributed by atoms with Crippen LogP contribution in [0, 0.1) is 105 Å². The van der Waals surface area contributed by atoms with E-state index in [2.05, 4.69) is 0 Å². The van der Waals surface area contributed by atoms with Gasteiger partial charge in [-0.05, 0) is 0 Å². The van der Waals surface area contributed by atoms with E-state index in [4.69, 9.17) is 15.1 Å². The van der Waals surface area contributed by atoms with Crippen LogP contribution in [0.3, 0.4) is 0 Å². The molecule has 40 heavy (non-hydrogen) atoms. The fraction of sp³-hybridized carbons (Fsp3) is 0. The van der Waals surface area contributed by atoms with Crippen LogP contribution in [0.4, 0.5) is 65.9 Å². The van der Waals surface area contributed by atoms with Gasteiger partial charge in [0.1, 0.15) is 0 Å². The van der Waals surface area contributed by atoms with E-state index in [1.54, 1.807) is 0 Å². The maximum atomic E-state index is 12.0. The van der Waals surface area contributed by atoms with Crippen molar-refractivity contribution in [2.45, 2.75) is 0 Å². The van der Waals surface area contributed by atoms with Gasteiger partial charge in [-0.25, -0.2) is 39.5 Å². The Bertz CT molecular complexity index is 1030. The molecule has 0 atom stereocenters. The number of halogens is 15. The van der Waals surface area contributed by atoms with Crippen molar-refractivity contribution in [2.24, 2.45) is 0 Å². The first-order valence-electron chi connectivity index (χ1n) is 8.04. The minimum absolute atomic E-state index is 0. The molecule has 3 rings (SSSR count). The minimum Gasteiger partial charge on any atom is -0.907 e. The number of hydrogen-bond donors (Lipinski definition) is 0. The SMILES string of the molecule is Fc1[c-]c(F)c(F)c(F)c1F.Fc1[c-]c(F)c(F)c(F)c1F.Fc1[c-]c(F)c(F)c(F)c1F.[O-]B([O-])[O-].[Pd+2].[Pd+2].[Pd+2]. The Hall–Kier alpha value is -1.46. The predicted molar refractivity (Wildman–Crippen MR) is 81.0 cm³/mol. The Balaban J connectivity index is -0.000000220. The van der Waals surface area contributed by atoms with E-state index in [0.29, 0.717) is 0 Å². The van der Waals surface area contributed by atoms with Crippen LogP contribution >= 0.6 is 0 Å². The van der Waals surface area contributed by atoms with Crippen LogP contribution in [-0.2, 0) is 61.3 Å². The normalized spacial score (nSPS) is 9.15. The number of hydrogen-bond acceptors (Lipinski definition) is 3. The first-order chi connectivity index (χ1) is 16.8. The summed E-state index contributed by atoms with van der Waals surface area (Å²) in [5.74, 6) is -30.1. The molecule has 0 aromatic heterocycles. The molecule has 22 heteroatoms. The topological polar surface area (TPSA) is 69.2 Å². The maximum Gasteiger partial charge on any atom is 2.00 e. The fourth-order valence-electron chi connectivity index (χ4n) is 1.49. The van der Waals surface area contributed by atoms with E-state index in [9.17, 15) is 65.9 Å². The summed E-state index contributed by atoms with van der Waals surface area (Å²) in [5.41, 5.74) is 0. The van der Waals surface area contributed by atoms with Crippen molar-refractivity contribution in [2.75, 3.05) is 0 Å². The minimum atomic E-state index is -2.92. The van der Waals surface area contributed by atoms with Crippen LogP contribution in [0.1, 0.15) is 0 Å². The molecule has 0 fully saturated rings. The molecule has 0 unspecified atom stereocenters. The molecule has 0 amide bonds. The zero-order valence-corrected chi connectivity index (χ0v) is 22.1. The van der Waals surface area contributed by atoms with Crippen molar-refractivity contribution in [3.63, 3.8) is 0 Å². The summed E-state index contributed by atoms with van der Waals surface area (Å²) in [6.45, 7) is 0. The van der Waals surface area contributed by atoms with Crippen LogP contribution in [-0.4, -0.2) is 7.32 Å². The molecule has 0 bridgehead atoms. The van der Waals surface area contributed by atoms with Crippen LogP contribution in [0.15, 0.2) is 0 Å². The van der Waals surface area contributed by atoms with E-state index in [0.717, 1.165) is 18.2 Å². The first-order valence-corrected chi connectivity index (χ1v) is 8.04. The molecule has 228 valence electrons. The van der Waals surface area contributed by atoms with Gasteiger partial charge in [-0.15, -0.1) is 18.2 Å². The van der Waals surface area contributed by atoms with Crippen molar-refractivity contribution in [1.29, 1.82) is 0 Å². The molecule has 0 radical (unpaired) electrons.